The van der Waals surface area contributed by atoms with Crippen molar-refractivity contribution in [3.8, 4) is 11.4 Å². The monoisotopic (exact) mass is 392 g/mol. The number of tetrazole rings is 1. The molecule has 7 nitrogen and oxygen atoms in total. The Hall–Kier alpha value is -2.32. The number of hydrogen-bond acceptors (Lipinski definition) is 5. The van der Waals surface area contributed by atoms with Crippen LogP contribution in [0, 0.1) is 0 Å². The topological polar surface area (TPSA) is 85.6 Å². The Morgan fingerprint density at radius 3 is 2.70 bits per heavy atom. The van der Waals surface area contributed by atoms with Crippen LogP contribution in [0.4, 0.5) is 5.82 Å². The maximum absolute atomic E-state index is 11.9. The zero-order valence-corrected chi connectivity index (χ0v) is 14.0. The lowest BCUT2D eigenvalue weighted by Crippen LogP contribution is -2.21. The van der Waals surface area contributed by atoms with Crippen LogP contribution in [0.5, 0.6) is 0 Å². The van der Waals surface area contributed by atoms with Gasteiger partial charge in [-0.3, -0.25) is 4.79 Å². The fourth-order valence-corrected chi connectivity index (χ4v) is 2.15. The average Bonchev–Trinajstić information content (AvgIpc) is 2.98. The van der Waals surface area contributed by atoms with E-state index < -0.39 is 0 Å². The van der Waals surface area contributed by atoms with Crippen LogP contribution in [0.15, 0.2) is 47.1 Å². The summed E-state index contributed by atoms with van der Waals surface area (Å²) in [7, 11) is 0. The molecule has 0 fully saturated rings. The molecule has 0 aliphatic rings. The van der Waals surface area contributed by atoms with E-state index in [9.17, 15) is 4.79 Å². The molecule has 2 aromatic heterocycles. The van der Waals surface area contributed by atoms with Crippen LogP contribution in [0.25, 0.3) is 11.4 Å². The molecule has 3 aromatic rings. The highest BCUT2D eigenvalue weighted by Crippen LogP contribution is 2.17. The molecule has 3 rings (SSSR count). The van der Waals surface area contributed by atoms with Gasteiger partial charge in [-0.25, -0.2) is 4.98 Å². The van der Waals surface area contributed by atoms with E-state index in [1.807, 2.05) is 0 Å². The maximum Gasteiger partial charge on any atom is 0.249 e. The van der Waals surface area contributed by atoms with Gasteiger partial charge in [-0.05, 0) is 57.5 Å². The number of nitrogens with zero attached hydrogens (tertiary/aromatic N) is 5. The first-order valence-corrected chi connectivity index (χ1v) is 7.72. The average molecular weight is 394 g/mol. The minimum absolute atomic E-state index is 0.0572. The molecule has 0 atom stereocenters. The van der Waals surface area contributed by atoms with Crippen LogP contribution in [-0.4, -0.2) is 31.1 Å². The molecule has 9 heteroatoms. The third-order valence-electron chi connectivity index (χ3n) is 2.84. The fraction of sp³-hybridized carbons (Fsp3) is 0.0714. The number of aromatic nitrogens is 5. The predicted molar refractivity (Wildman–Crippen MR) is 88.8 cm³/mol. The number of rotatable bonds is 4. The fourth-order valence-electron chi connectivity index (χ4n) is 1.79. The number of halogens is 2. The zero-order valence-electron chi connectivity index (χ0n) is 11.6. The van der Waals surface area contributed by atoms with Crippen molar-refractivity contribution in [1.29, 1.82) is 0 Å². The first kappa shape index (κ1) is 15.6. The lowest BCUT2D eigenvalue weighted by molar-refractivity contribution is -0.117. The Kier molecular flexibility index (Phi) is 4.63. The number of carbonyl (C=O) groups is 1. The Morgan fingerprint density at radius 2 is 2.00 bits per heavy atom. The van der Waals surface area contributed by atoms with Crippen LogP contribution in [0.1, 0.15) is 0 Å². The predicted octanol–water partition coefficient (Wildman–Crippen LogP) is 2.79. The van der Waals surface area contributed by atoms with Gasteiger partial charge in [0.1, 0.15) is 12.4 Å². The molecule has 0 aliphatic carbocycles. The quantitative estimate of drug-likeness (QED) is 0.736. The standard InChI is InChI=1S/C14H10BrClN6O/c15-10-3-6-12(17-7-10)18-13(23)8-22-20-14(19-21-22)9-1-4-11(16)5-2-9/h1-7H,8H2,(H,17,18,23). The number of hydrogen-bond donors (Lipinski definition) is 1. The molecule has 0 saturated carbocycles. The largest absolute Gasteiger partial charge is 0.309 e. The summed E-state index contributed by atoms with van der Waals surface area (Å²) in [5.74, 6) is 0.590. The summed E-state index contributed by atoms with van der Waals surface area (Å²) < 4.78 is 0.834. The number of benzene rings is 1. The second kappa shape index (κ2) is 6.84. The van der Waals surface area contributed by atoms with Gasteiger partial charge in [0.05, 0.1) is 0 Å². The van der Waals surface area contributed by atoms with Gasteiger partial charge >= 0.3 is 0 Å². The molecular weight excluding hydrogens is 384 g/mol. The lowest BCUT2D eigenvalue weighted by Gasteiger charge is -2.03. The molecule has 0 bridgehead atoms. The third-order valence-corrected chi connectivity index (χ3v) is 3.56. The van der Waals surface area contributed by atoms with E-state index in [0.29, 0.717) is 16.7 Å². The summed E-state index contributed by atoms with van der Waals surface area (Å²) in [5, 5.41) is 15.2. The number of pyridine rings is 1. The highest BCUT2D eigenvalue weighted by molar-refractivity contribution is 9.10. The van der Waals surface area contributed by atoms with Crippen LogP contribution in [0.3, 0.4) is 0 Å². The van der Waals surface area contributed by atoms with Crippen molar-refractivity contribution in [2.45, 2.75) is 6.54 Å². The van der Waals surface area contributed by atoms with Crippen molar-refractivity contribution in [2.24, 2.45) is 0 Å². The molecule has 2 heterocycles. The summed E-state index contributed by atoms with van der Waals surface area (Å²) in [6.07, 6.45) is 1.60. The number of anilines is 1. The van der Waals surface area contributed by atoms with E-state index in [1.165, 1.54) is 4.80 Å². The van der Waals surface area contributed by atoms with Crippen molar-refractivity contribution >= 4 is 39.3 Å². The molecule has 0 aliphatic heterocycles. The number of nitrogens with one attached hydrogen (secondary N) is 1. The van der Waals surface area contributed by atoms with E-state index in [1.54, 1.807) is 42.6 Å². The number of carbonyl (C=O) groups excluding carboxylic acids is 1. The summed E-state index contributed by atoms with van der Waals surface area (Å²) in [5.41, 5.74) is 0.774. The smallest absolute Gasteiger partial charge is 0.249 e. The molecule has 0 radical (unpaired) electrons. The Labute approximate surface area is 144 Å². The summed E-state index contributed by atoms with van der Waals surface area (Å²) in [6, 6.07) is 10.5. The normalized spacial score (nSPS) is 10.5. The van der Waals surface area contributed by atoms with Gasteiger partial charge in [0.15, 0.2) is 0 Å². The van der Waals surface area contributed by atoms with Gasteiger partial charge < -0.3 is 5.32 Å². The van der Waals surface area contributed by atoms with Crippen LogP contribution in [-0.2, 0) is 11.3 Å². The van der Waals surface area contributed by atoms with E-state index in [2.05, 4.69) is 41.6 Å². The Balaban J connectivity index is 1.65. The van der Waals surface area contributed by atoms with Crippen molar-refractivity contribution in [3.63, 3.8) is 0 Å². The summed E-state index contributed by atoms with van der Waals surface area (Å²) in [4.78, 5) is 17.2. The minimum atomic E-state index is -0.292. The van der Waals surface area contributed by atoms with Gasteiger partial charge in [-0.2, -0.15) is 4.80 Å². The Morgan fingerprint density at radius 1 is 1.22 bits per heavy atom. The Bertz CT molecular complexity index is 818. The molecule has 1 amide bonds. The molecule has 116 valence electrons. The van der Waals surface area contributed by atoms with Crippen molar-refractivity contribution in [2.75, 3.05) is 5.32 Å². The second-order valence-electron chi connectivity index (χ2n) is 4.56. The van der Waals surface area contributed by atoms with Crippen molar-refractivity contribution < 1.29 is 4.79 Å². The van der Waals surface area contributed by atoms with Crippen LogP contribution in [0.2, 0.25) is 5.02 Å². The summed E-state index contributed by atoms with van der Waals surface area (Å²) >= 11 is 9.12. The molecular formula is C14H10BrClN6O. The first-order chi connectivity index (χ1) is 11.1. The highest BCUT2D eigenvalue weighted by Gasteiger charge is 2.10. The molecule has 0 spiro atoms. The SMILES string of the molecule is O=C(Cn1nnc(-c2ccc(Cl)cc2)n1)Nc1ccc(Br)cn1. The van der Waals surface area contributed by atoms with Gasteiger partial charge in [0.25, 0.3) is 0 Å². The third kappa shape index (κ3) is 4.11. The van der Waals surface area contributed by atoms with Gasteiger partial charge in [-0.1, -0.05) is 11.6 Å². The van der Waals surface area contributed by atoms with Crippen LogP contribution < -0.4 is 5.32 Å². The molecule has 0 unspecified atom stereocenters. The van der Waals surface area contributed by atoms with Crippen molar-refractivity contribution in [1.82, 2.24) is 25.2 Å². The highest BCUT2D eigenvalue weighted by atomic mass is 79.9. The van der Waals surface area contributed by atoms with Crippen molar-refractivity contribution in [3.05, 3.63) is 52.1 Å². The van der Waals surface area contributed by atoms with E-state index in [0.717, 1.165) is 10.0 Å². The second-order valence-corrected chi connectivity index (χ2v) is 5.91. The lowest BCUT2D eigenvalue weighted by atomic mass is 10.2. The number of amides is 1. The molecule has 1 N–H and O–H groups in total. The molecule has 0 saturated heterocycles. The van der Waals surface area contributed by atoms with E-state index >= 15 is 0 Å². The molecule has 1 aromatic carbocycles. The van der Waals surface area contributed by atoms with Crippen LogP contribution >= 0.6 is 27.5 Å². The first-order valence-electron chi connectivity index (χ1n) is 6.55. The summed E-state index contributed by atoms with van der Waals surface area (Å²) in [6.45, 7) is -0.0572. The van der Waals surface area contributed by atoms with Gasteiger partial charge in [-0.15, -0.1) is 10.2 Å². The minimum Gasteiger partial charge on any atom is -0.309 e. The maximum atomic E-state index is 11.9. The van der Waals surface area contributed by atoms with Gasteiger partial charge in [0, 0.05) is 21.3 Å². The van der Waals surface area contributed by atoms with Gasteiger partial charge in [0.2, 0.25) is 11.7 Å². The van der Waals surface area contributed by atoms with E-state index in [4.69, 9.17) is 11.6 Å². The van der Waals surface area contributed by atoms with E-state index in [-0.39, 0.29) is 12.5 Å². The zero-order chi connectivity index (χ0) is 16.2. The molecule has 23 heavy (non-hydrogen) atoms.